The molecule has 2 aromatic rings. The molecule has 1 N–H and O–H groups in total. The topological polar surface area (TPSA) is 49.4 Å². The second kappa shape index (κ2) is 6.71. The van der Waals surface area contributed by atoms with E-state index in [-0.39, 0.29) is 10.7 Å². The summed E-state index contributed by atoms with van der Waals surface area (Å²) in [6.07, 6.45) is 0. The van der Waals surface area contributed by atoms with E-state index in [0.29, 0.717) is 21.4 Å². The summed E-state index contributed by atoms with van der Waals surface area (Å²) in [4.78, 5) is 26.1. The van der Waals surface area contributed by atoms with Crippen molar-refractivity contribution in [2.75, 3.05) is 10.2 Å². The number of imide groups is 1. The highest BCUT2D eigenvalue weighted by Crippen LogP contribution is 2.32. The quantitative estimate of drug-likeness (QED) is 0.740. The van der Waals surface area contributed by atoms with Crippen molar-refractivity contribution in [2.24, 2.45) is 0 Å². The fourth-order valence-electron chi connectivity index (χ4n) is 2.38. The van der Waals surface area contributed by atoms with E-state index in [1.165, 1.54) is 0 Å². The summed E-state index contributed by atoms with van der Waals surface area (Å²) in [6.45, 7) is 3.70. The summed E-state index contributed by atoms with van der Waals surface area (Å²) in [5.74, 6) is -1.15. The predicted octanol–water partition coefficient (Wildman–Crippen LogP) is 5.05. The van der Waals surface area contributed by atoms with Crippen LogP contribution >= 0.6 is 34.8 Å². The first-order chi connectivity index (χ1) is 11.8. The third-order valence-corrected chi connectivity index (χ3v) is 5.05. The van der Waals surface area contributed by atoms with Crippen molar-refractivity contribution in [1.82, 2.24) is 0 Å². The lowest BCUT2D eigenvalue weighted by atomic mass is 10.2. The summed E-state index contributed by atoms with van der Waals surface area (Å²) < 4.78 is 0. The highest BCUT2D eigenvalue weighted by atomic mass is 35.5. The summed E-state index contributed by atoms with van der Waals surface area (Å²) >= 11 is 18.3. The van der Waals surface area contributed by atoms with E-state index in [4.69, 9.17) is 34.8 Å². The van der Waals surface area contributed by atoms with Gasteiger partial charge in [-0.2, -0.15) is 0 Å². The summed E-state index contributed by atoms with van der Waals surface area (Å²) in [7, 11) is 0. The molecule has 2 amide bonds. The first-order valence-electron chi connectivity index (χ1n) is 7.37. The molecule has 0 saturated heterocycles. The number of carbonyl (C=O) groups excluding carboxylic acids is 2. The Morgan fingerprint density at radius 3 is 2.04 bits per heavy atom. The molecule has 2 aromatic carbocycles. The Hall–Kier alpha value is -2.01. The number of nitrogens with zero attached hydrogens (tertiary/aromatic N) is 1. The average Bonchev–Trinajstić information content (AvgIpc) is 2.77. The van der Waals surface area contributed by atoms with Gasteiger partial charge in [-0.3, -0.25) is 9.59 Å². The molecule has 3 rings (SSSR count). The molecule has 0 fully saturated rings. The van der Waals surface area contributed by atoms with Crippen LogP contribution in [0.25, 0.3) is 0 Å². The standard InChI is InChI=1S/C18H13Cl3N2O2/c1-9-3-5-11(7-13(9)19)22-16-15(21)17(24)23(18(16)25)12-6-4-10(2)14(20)8-12/h3-8,22H,1-2H3. The number of hydrogen-bond donors (Lipinski definition) is 1. The maximum absolute atomic E-state index is 12.7. The van der Waals surface area contributed by atoms with Crippen LogP contribution in [0.3, 0.4) is 0 Å². The predicted molar refractivity (Wildman–Crippen MR) is 101 cm³/mol. The summed E-state index contributed by atoms with van der Waals surface area (Å²) in [6, 6.07) is 10.2. The van der Waals surface area contributed by atoms with Gasteiger partial charge in [0.05, 0.1) is 5.69 Å². The van der Waals surface area contributed by atoms with Crippen molar-refractivity contribution >= 4 is 58.0 Å². The Bertz CT molecular complexity index is 938. The molecule has 1 aliphatic rings. The second-order valence-corrected chi connectivity index (χ2v) is 6.85. The Balaban J connectivity index is 1.93. The number of halogens is 3. The maximum atomic E-state index is 12.7. The molecular formula is C18H13Cl3N2O2. The third-order valence-electron chi connectivity index (χ3n) is 3.88. The van der Waals surface area contributed by atoms with Crippen LogP contribution in [-0.4, -0.2) is 11.8 Å². The van der Waals surface area contributed by atoms with Crippen LogP contribution in [0.4, 0.5) is 11.4 Å². The molecular weight excluding hydrogens is 383 g/mol. The number of benzene rings is 2. The zero-order chi connectivity index (χ0) is 18.3. The molecule has 0 spiro atoms. The Labute approximate surface area is 160 Å². The Morgan fingerprint density at radius 1 is 0.840 bits per heavy atom. The second-order valence-electron chi connectivity index (χ2n) is 5.66. The molecule has 1 heterocycles. The summed E-state index contributed by atoms with van der Waals surface area (Å²) in [5.41, 5.74) is 2.67. The molecule has 0 aliphatic carbocycles. The highest BCUT2D eigenvalue weighted by Gasteiger charge is 2.39. The van der Waals surface area contributed by atoms with Crippen molar-refractivity contribution < 1.29 is 9.59 Å². The Morgan fingerprint density at radius 2 is 1.44 bits per heavy atom. The SMILES string of the molecule is Cc1ccc(NC2=C(Cl)C(=O)N(c3ccc(C)c(Cl)c3)C2=O)cc1Cl. The number of rotatable bonds is 3. The molecule has 1 aliphatic heterocycles. The van der Waals surface area contributed by atoms with Crippen LogP contribution in [0, 0.1) is 13.8 Å². The smallest absolute Gasteiger partial charge is 0.283 e. The number of nitrogens with one attached hydrogen (secondary N) is 1. The van der Waals surface area contributed by atoms with Gasteiger partial charge in [-0.05, 0) is 49.2 Å². The molecule has 25 heavy (non-hydrogen) atoms. The molecule has 128 valence electrons. The Kier molecular flexibility index (Phi) is 4.78. The lowest BCUT2D eigenvalue weighted by Gasteiger charge is -2.16. The fraction of sp³-hybridized carbons (Fsp3) is 0.111. The molecule has 7 heteroatoms. The summed E-state index contributed by atoms with van der Waals surface area (Å²) in [5, 5.41) is 3.70. The number of carbonyl (C=O) groups is 2. The van der Waals surface area contributed by atoms with Crippen LogP contribution in [0.15, 0.2) is 47.1 Å². The minimum absolute atomic E-state index is 0.00304. The molecule has 0 aromatic heterocycles. The van der Waals surface area contributed by atoms with Gasteiger partial charge in [-0.15, -0.1) is 0 Å². The number of amides is 2. The van der Waals surface area contributed by atoms with Crippen molar-refractivity contribution in [3.05, 3.63) is 68.3 Å². The lowest BCUT2D eigenvalue weighted by Crippen LogP contribution is -2.32. The van der Waals surface area contributed by atoms with Crippen LogP contribution in [0.1, 0.15) is 11.1 Å². The largest absolute Gasteiger partial charge is 0.350 e. The van der Waals surface area contributed by atoms with E-state index in [2.05, 4.69) is 5.32 Å². The van der Waals surface area contributed by atoms with Gasteiger partial charge in [0.25, 0.3) is 11.8 Å². The van der Waals surface area contributed by atoms with Gasteiger partial charge in [0, 0.05) is 15.7 Å². The van der Waals surface area contributed by atoms with Gasteiger partial charge in [0.2, 0.25) is 0 Å². The molecule has 0 atom stereocenters. The molecule has 0 unspecified atom stereocenters. The highest BCUT2D eigenvalue weighted by molar-refractivity contribution is 6.53. The number of anilines is 2. The van der Waals surface area contributed by atoms with Crippen LogP contribution in [-0.2, 0) is 9.59 Å². The molecule has 0 saturated carbocycles. The van der Waals surface area contributed by atoms with Crippen LogP contribution < -0.4 is 10.2 Å². The number of aryl methyl sites for hydroxylation is 2. The molecule has 4 nitrogen and oxygen atoms in total. The van der Waals surface area contributed by atoms with E-state index in [1.807, 2.05) is 13.8 Å². The van der Waals surface area contributed by atoms with Crippen molar-refractivity contribution in [3.8, 4) is 0 Å². The van der Waals surface area contributed by atoms with Gasteiger partial charge in [-0.25, -0.2) is 4.90 Å². The molecule has 0 radical (unpaired) electrons. The van der Waals surface area contributed by atoms with Crippen LogP contribution in [0.2, 0.25) is 10.0 Å². The molecule has 0 bridgehead atoms. The van der Waals surface area contributed by atoms with E-state index in [9.17, 15) is 9.59 Å². The van der Waals surface area contributed by atoms with E-state index < -0.39 is 11.8 Å². The maximum Gasteiger partial charge on any atom is 0.283 e. The van der Waals surface area contributed by atoms with Crippen molar-refractivity contribution in [1.29, 1.82) is 0 Å². The third kappa shape index (κ3) is 3.25. The fourth-order valence-corrected chi connectivity index (χ4v) is 2.95. The van der Waals surface area contributed by atoms with E-state index >= 15 is 0 Å². The van der Waals surface area contributed by atoms with Crippen molar-refractivity contribution in [2.45, 2.75) is 13.8 Å². The van der Waals surface area contributed by atoms with E-state index in [0.717, 1.165) is 16.0 Å². The first kappa shape index (κ1) is 17.8. The average molecular weight is 396 g/mol. The van der Waals surface area contributed by atoms with Crippen molar-refractivity contribution in [3.63, 3.8) is 0 Å². The zero-order valence-corrected chi connectivity index (χ0v) is 15.6. The van der Waals surface area contributed by atoms with E-state index in [1.54, 1.807) is 36.4 Å². The number of hydrogen-bond acceptors (Lipinski definition) is 3. The zero-order valence-electron chi connectivity index (χ0n) is 13.4. The first-order valence-corrected chi connectivity index (χ1v) is 8.51. The van der Waals surface area contributed by atoms with Gasteiger partial charge in [-0.1, -0.05) is 46.9 Å². The normalized spacial score (nSPS) is 14.5. The minimum atomic E-state index is -0.604. The van der Waals surface area contributed by atoms with Gasteiger partial charge >= 0.3 is 0 Å². The van der Waals surface area contributed by atoms with Crippen LogP contribution in [0.5, 0.6) is 0 Å². The van der Waals surface area contributed by atoms with Gasteiger partial charge in [0.15, 0.2) is 0 Å². The lowest BCUT2D eigenvalue weighted by molar-refractivity contribution is -0.120. The monoisotopic (exact) mass is 394 g/mol. The van der Waals surface area contributed by atoms with Gasteiger partial charge < -0.3 is 5.32 Å². The van der Waals surface area contributed by atoms with Gasteiger partial charge in [0.1, 0.15) is 10.7 Å². The minimum Gasteiger partial charge on any atom is -0.350 e.